The highest BCUT2D eigenvalue weighted by atomic mass is 32.1. The van der Waals surface area contributed by atoms with Crippen molar-refractivity contribution in [2.24, 2.45) is 0 Å². The third kappa shape index (κ3) is 3.14. The number of aryl methyl sites for hydroxylation is 1. The van der Waals surface area contributed by atoms with E-state index in [-0.39, 0.29) is 18.3 Å². The van der Waals surface area contributed by atoms with Gasteiger partial charge in [0.15, 0.2) is 0 Å². The van der Waals surface area contributed by atoms with Gasteiger partial charge in [0, 0.05) is 4.88 Å². The number of ether oxygens (including phenoxy) is 1. The highest BCUT2D eigenvalue weighted by Gasteiger charge is 2.26. The standard InChI is InChI=1S/C15H15N5O3S/c1-23-15(22)13-9-4-2-3-5-10(9)24-14(13)18-12(21)7-20-8-17-11(6-16)19-20/h8H,2-5,7H2,1H3,(H,18,21). The number of esters is 1. The number of fused-ring (bicyclic) bond motifs is 1. The summed E-state index contributed by atoms with van der Waals surface area (Å²) in [6.07, 6.45) is 5.16. The molecule has 0 saturated carbocycles. The first kappa shape index (κ1) is 16.1. The first-order valence-electron chi connectivity index (χ1n) is 7.44. The normalized spacial score (nSPS) is 13.0. The van der Waals surface area contributed by atoms with Crippen molar-refractivity contribution in [3.8, 4) is 6.07 Å². The van der Waals surface area contributed by atoms with Crippen LogP contribution in [0.4, 0.5) is 5.00 Å². The molecule has 1 amide bonds. The molecule has 3 rings (SSSR count). The van der Waals surface area contributed by atoms with Gasteiger partial charge in [-0.2, -0.15) is 5.26 Å². The molecule has 1 aliphatic rings. The number of hydrogen-bond acceptors (Lipinski definition) is 7. The van der Waals surface area contributed by atoms with Gasteiger partial charge in [0.1, 0.15) is 23.9 Å². The summed E-state index contributed by atoms with van der Waals surface area (Å²) in [4.78, 5) is 29.2. The Morgan fingerprint density at radius 3 is 2.96 bits per heavy atom. The summed E-state index contributed by atoms with van der Waals surface area (Å²) in [7, 11) is 1.33. The van der Waals surface area contributed by atoms with Crippen LogP contribution < -0.4 is 5.32 Å². The van der Waals surface area contributed by atoms with E-state index in [0.29, 0.717) is 10.6 Å². The number of hydrogen-bond donors (Lipinski definition) is 1. The van der Waals surface area contributed by atoms with Gasteiger partial charge in [0.05, 0.1) is 12.7 Å². The van der Waals surface area contributed by atoms with Gasteiger partial charge in [-0.1, -0.05) is 0 Å². The predicted octanol–water partition coefficient (Wildman–Crippen LogP) is 1.52. The zero-order valence-electron chi connectivity index (χ0n) is 13.0. The Labute approximate surface area is 142 Å². The fourth-order valence-electron chi connectivity index (χ4n) is 2.71. The molecule has 124 valence electrons. The van der Waals surface area contributed by atoms with Gasteiger partial charge in [-0.25, -0.2) is 14.5 Å². The van der Waals surface area contributed by atoms with E-state index >= 15 is 0 Å². The van der Waals surface area contributed by atoms with Gasteiger partial charge in [-0.15, -0.1) is 16.4 Å². The Bertz CT molecular complexity index is 833. The van der Waals surface area contributed by atoms with Crippen molar-refractivity contribution in [3.05, 3.63) is 28.2 Å². The van der Waals surface area contributed by atoms with Crippen LogP contribution in [-0.4, -0.2) is 33.8 Å². The highest BCUT2D eigenvalue weighted by molar-refractivity contribution is 7.17. The average molecular weight is 345 g/mol. The number of carbonyl (C=O) groups excluding carboxylic acids is 2. The topological polar surface area (TPSA) is 110 Å². The van der Waals surface area contributed by atoms with Crippen LogP contribution in [0.3, 0.4) is 0 Å². The molecule has 0 aromatic carbocycles. The third-order valence-corrected chi connectivity index (χ3v) is 4.96. The van der Waals surface area contributed by atoms with Crippen LogP contribution >= 0.6 is 11.3 Å². The molecule has 9 heteroatoms. The lowest BCUT2D eigenvalue weighted by atomic mass is 9.95. The first-order chi connectivity index (χ1) is 11.6. The summed E-state index contributed by atoms with van der Waals surface area (Å²) in [6, 6.07) is 1.80. The SMILES string of the molecule is COC(=O)c1c(NC(=O)Cn2cnc(C#N)n2)sc2c1CCCC2. The molecular weight excluding hydrogens is 330 g/mol. The second kappa shape index (κ2) is 6.80. The molecule has 0 unspecified atom stereocenters. The molecular formula is C15H15N5O3S. The van der Waals surface area contributed by atoms with Crippen molar-refractivity contribution in [2.75, 3.05) is 12.4 Å². The van der Waals surface area contributed by atoms with Crippen LogP contribution in [0.5, 0.6) is 0 Å². The zero-order chi connectivity index (χ0) is 17.1. The Hall–Kier alpha value is -2.73. The smallest absolute Gasteiger partial charge is 0.341 e. The summed E-state index contributed by atoms with van der Waals surface area (Å²) < 4.78 is 6.15. The predicted molar refractivity (Wildman–Crippen MR) is 85.7 cm³/mol. The quantitative estimate of drug-likeness (QED) is 0.841. The van der Waals surface area contributed by atoms with E-state index in [4.69, 9.17) is 10.00 Å². The maximum absolute atomic E-state index is 12.2. The Morgan fingerprint density at radius 2 is 2.25 bits per heavy atom. The van der Waals surface area contributed by atoms with Crippen LogP contribution in [0, 0.1) is 11.3 Å². The van der Waals surface area contributed by atoms with Crippen LogP contribution in [0.1, 0.15) is 39.5 Å². The van der Waals surface area contributed by atoms with Crippen molar-refractivity contribution in [2.45, 2.75) is 32.2 Å². The number of nitriles is 1. The van der Waals surface area contributed by atoms with Crippen molar-refractivity contribution in [3.63, 3.8) is 0 Å². The highest BCUT2D eigenvalue weighted by Crippen LogP contribution is 2.38. The second-order valence-electron chi connectivity index (χ2n) is 5.33. The lowest BCUT2D eigenvalue weighted by Crippen LogP contribution is -2.20. The molecule has 24 heavy (non-hydrogen) atoms. The molecule has 0 bridgehead atoms. The zero-order valence-corrected chi connectivity index (χ0v) is 13.9. The van der Waals surface area contributed by atoms with E-state index in [0.717, 1.165) is 36.1 Å². The average Bonchev–Trinajstić information content (AvgIpc) is 3.17. The molecule has 8 nitrogen and oxygen atoms in total. The molecule has 0 saturated heterocycles. The summed E-state index contributed by atoms with van der Waals surface area (Å²) in [6.45, 7) is -0.0855. The lowest BCUT2D eigenvalue weighted by molar-refractivity contribution is -0.116. The lowest BCUT2D eigenvalue weighted by Gasteiger charge is -2.11. The Kier molecular flexibility index (Phi) is 4.57. The van der Waals surface area contributed by atoms with Crippen molar-refractivity contribution < 1.29 is 14.3 Å². The van der Waals surface area contributed by atoms with Gasteiger partial charge in [-0.05, 0) is 31.2 Å². The number of anilines is 1. The van der Waals surface area contributed by atoms with Gasteiger partial charge in [0.2, 0.25) is 5.91 Å². The van der Waals surface area contributed by atoms with Gasteiger partial charge >= 0.3 is 5.97 Å². The Morgan fingerprint density at radius 1 is 1.46 bits per heavy atom. The monoisotopic (exact) mass is 345 g/mol. The van der Waals surface area contributed by atoms with Gasteiger partial charge in [-0.3, -0.25) is 4.79 Å². The maximum atomic E-state index is 12.2. The minimum Gasteiger partial charge on any atom is -0.465 e. The number of nitrogens with one attached hydrogen (secondary N) is 1. The molecule has 0 atom stereocenters. The minimum atomic E-state index is -0.433. The van der Waals surface area contributed by atoms with E-state index in [9.17, 15) is 9.59 Å². The molecule has 2 heterocycles. The number of carbonyl (C=O) groups is 2. The van der Waals surface area contributed by atoms with Crippen molar-refractivity contribution in [1.29, 1.82) is 5.26 Å². The molecule has 1 N–H and O–H groups in total. The first-order valence-corrected chi connectivity index (χ1v) is 8.26. The molecule has 0 fully saturated rings. The number of amides is 1. The molecule has 0 spiro atoms. The number of aromatic nitrogens is 3. The van der Waals surface area contributed by atoms with Gasteiger partial charge < -0.3 is 10.1 Å². The molecule has 0 radical (unpaired) electrons. The third-order valence-electron chi connectivity index (χ3n) is 3.76. The van der Waals surface area contributed by atoms with Crippen LogP contribution in [0.25, 0.3) is 0 Å². The molecule has 1 aliphatic carbocycles. The van der Waals surface area contributed by atoms with E-state index < -0.39 is 5.97 Å². The van der Waals surface area contributed by atoms with E-state index in [1.165, 1.54) is 29.5 Å². The van der Waals surface area contributed by atoms with Crippen LogP contribution in [0.2, 0.25) is 0 Å². The minimum absolute atomic E-state index is 0.00429. The fraction of sp³-hybridized carbons (Fsp3) is 0.400. The second-order valence-corrected chi connectivity index (χ2v) is 6.44. The van der Waals surface area contributed by atoms with Crippen molar-refractivity contribution in [1.82, 2.24) is 14.8 Å². The van der Waals surface area contributed by atoms with E-state index in [2.05, 4.69) is 15.4 Å². The summed E-state index contributed by atoms with van der Waals surface area (Å²) in [5.41, 5.74) is 1.45. The number of thiophene rings is 1. The number of nitrogens with zero attached hydrogens (tertiary/aromatic N) is 4. The van der Waals surface area contributed by atoms with Crippen molar-refractivity contribution >= 4 is 28.2 Å². The molecule has 2 aromatic heterocycles. The van der Waals surface area contributed by atoms with Crippen LogP contribution in [-0.2, 0) is 28.9 Å². The van der Waals surface area contributed by atoms with Gasteiger partial charge in [0.25, 0.3) is 5.82 Å². The summed E-state index contributed by atoms with van der Waals surface area (Å²) >= 11 is 1.42. The van der Waals surface area contributed by atoms with Crippen LogP contribution in [0.15, 0.2) is 6.33 Å². The summed E-state index contributed by atoms with van der Waals surface area (Å²) in [5, 5.41) is 15.8. The number of methoxy groups -OCH3 is 1. The fourth-order valence-corrected chi connectivity index (χ4v) is 4.00. The Balaban J connectivity index is 1.81. The largest absolute Gasteiger partial charge is 0.465 e. The van der Waals surface area contributed by atoms with E-state index in [1.54, 1.807) is 6.07 Å². The summed E-state index contributed by atoms with van der Waals surface area (Å²) in [5.74, 6) is -0.769. The maximum Gasteiger partial charge on any atom is 0.341 e. The number of rotatable bonds is 4. The van der Waals surface area contributed by atoms with E-state index in [1.807, 2.05) is 0 Å². The molecule has 2 aromatic rings. The molecule has 0 aliphatic heterocycles.